The van der Waals surface area contributed by atoms with Crippen LogP contribution in [0.3, 0.4) is 0 Å². The number of carbonyl (C=O) groups excluding carboxylic acids is 1. The van der Waals surface area contributed by atoms with Gasteiger partial charge in [0.05, 0.1) is 5.92 Å². The van der Waals surface area contributed by atoms with Crippen molar-refractivity contribution >= 4 is 5.91 Å². The second kappa shape index (κ2) is 5.98. The van der Waals surface area contributed by atoms with Crippen LogP contribution < -0.4 is 5.73 Å². The van der Waals surface area contributed by atoms with Gasteiger partial charge in [-0.1, -0.05) is 37.3 Å². The van der Waals surface area contributed by atoms with E-state index in [1.807, 2.05) is 37.3 Å². The van der Waals surface area contributed by atoms with Crippen molar-refractivity contribution in [2.75, 3.05) is 6.54 Å². The second-order valence-electron chi connectivity index (χ2n) is 4.05. The van der Waals surface area contributed by atoms with E-state index in [-0.39, 0.29) is 18.9 Å². The molecule has 0 heterocycles. The summed E-state index contributed by atoms with van der Waals surface area (Å²) in [5.41, 5.74) is 6.27. The summed E-state index contributed by atoms with van der Waals surface area (Å²) in [5.74, 6) is -1.08. The molecule has 17 heavy (non-hydrogen) atoms. The molecular formula is C12H16N2O3. The number of amides is 1. The molecule has 5 nitrogen and oxygen atoms in total. The van der Waals surface area contributed by atoms with Gasteiger partial charge in [-0.05, 0) is 11.5 Å². The maximum atomic E-state index is 11.3. The van der Waals surface area contributed by atoms with Crippen LogP contribution in [0.4, 0.5) is 0 Å². The highest BCUT2D eigenvalue weighted by Crippen LogP contribution is 2.26. The summed E-state index contributed by atoms with van der Waals surface area (Å²) in [6, 6.07) is 9.42. The third-order valence-corrected chi connectivity index (χ3v) is 2.92. The maximum Gasteiger partial charge on any atom is 0.221 e. The largest absolute Gasteiger partial charge is 0.369 e. The molecule has 0 saturated heterocycles. The van der Waals surface area contributed by atoms with Gasteiger partial charge in [-0.2, -0.15) is 0 Å². The van der Waals surface area contributed by atoms with Crippen molar-refractivity contribution in [2.45, 2.75) is 19.3 Å². The Balaban J connectivity index is 2.77. The number of rotatable bonds is 6. The molecule has 1 aromatic rings. The molecule has 92 valence electrons. The zero-order valence-corrected chi connectivity index (χ0v) is 9.70. The van der Waals surface area contributed by atoms with Gasteiger partial charge in [-0.15, -0.1) is 0 Å². The van der Waals surface area contributed by atoms with Crippen molar-refractivity contribution in [3.05, 3.63) is 46.0 Å². The molecular weight excluding hydrogens is 220 g/mol. The fourth-order valence-corrected chi connectivity index (χ4v) is 1.87. The van der Waals surface area contributed by atoms with E-state index in [9.17, 15) is 14.9 Å². The number of nitrogens with zero attached hydrogens (tertiary/aromatic N) is 1. The first kappa shape index (κ1) is 13.2. The van der Waals surface area contributed by atoms with Crippen molar-refractivity contribution in [3.63, 3.8) is 0 Å². The average molecular weight is 236 g/mol. The minimum Gasteiger partial charge on any atom is -0.369 e. The Morgan fingerprint density at radius 3 is 2.47 bits per heavy atom. The minimum atomic E-state index is -0.497. The van der Waals surface area contributed by atoms with Crippen molar-refractivity contribution in [1.82, 2.24) is 0 Å². The lowest BCUT2D eigenvalue weighted by Gasteiger charge is -2.19. The van der Waals surface area contributed by atoms with E-state index in [2.05, 4.69) is 0 Å². The van der Waals surface area contributed by atoms with Gasteiger partial charge in [0.25, 0.3) is 0 Å². The minimum absolute atomic E-state index is 0.103. The van der Waals surface area contributed by atoms with Crippen molar-refractivity contribution in [3.8, 4) is 0 Å². The molecule has 2 unspecified atom stereocenters. The molecule has 1 aromatic carbocycles. The van der Waals surface area contributed by atoms with Crippen molar-refractivity contribution in [2.24, 2.45) is 11.7 Å². The number of hydrogen-bond donors (Lipinski definition) is 1. The fourth-order valence-electron chi connectivity index (χ4n) is 1.87. The van der Waals surface area contributed by atoms with Crippen LogP contribution in [0, 0.1) is 16.0 Å². The summed E-state index contributed by atoms with van der Waals surface area (Å²) in [4.78, 5) is 21.2. The average Bonchev–Trinajstić information content (AvgIpc) is 2.29. The van der Waals surface area contributed by atoms with Crippen LogP contribution in [0.15, 0.2) is 30.3 Å². The lowest BCUT2D eigenvalue weighted by molar-refractivity contribution is -0.481. The Labute approximate surface area is 99.8 Å². The molecule has 1 rings (SSSR count). The molecule has 0 aliphatic heterocycles. The third kappa shape index (κ3) is 3.86. The Morgan fingerprint density at radius 1 is 1.41 bits per heavy atom. The zero-order valence-electron chi connectivity index (χ0n) is 9.70. The summed E-state index contributed by atoms with van der Waals surface area (Å²) in [6.07, 6.45) is 0.179. The third-order valence-electron chi connectivity index (χ3n) is 2.92. The van der Waals surface area contributed by atoms with Crippen LogP contribution in [0.5, 0.6) is 0 Å². The van der Waals surface area contributed by atoms with Crippen molar-refractivity contribution < 1.29 is 9.72 Å². The number of nitrogens with two attached hydrogens (primary N) is 1. The fraction of sp³-hybridized carbons (Fsp3) is 0.417. The van der Waals surface area contributed by atoms with Gasteiger partial charge in [0.1, 0.15) is 0 Å². The first-order chi connectivity index (χ1) is 8.02. The lowest BCUT2D eigenvalue weighted by atomic mass is 9.85. The molecule has 0 aliphatic carbocycles. The van der Waals surface area contributed by atoms with Crippen LogP contribution in [-0.2, 0) is 4.79 Å². The monoisotopic (exact) mass is 236 g/mol. The molecule has 2 N–H and O–H groups in total. The van der Waals surface area contributed by atoms with Gasteiger partial charge in [0, 0.05) is 11.3 Å². The number of hydrogen-bond acceptors (Lipinski definition) is 3. The Morgan fingerprint density at radius 2 is 2.00 bits per heavy atom. The summed E-state index contributed by atoms with van der Waals surface area (Å²) < 4.78 is 0. The van der Waals surface area contributed by atoms with E-state index in [0.29, 0.717) is 0 Å². The predicted molar refractivity (Wildman–Crippen MR) is 64.0 cm³/mol. The van der Waals surface area contributed by atoms with Gasteiger partial charge >= 0.3 is 0 Å². The van der Waals surface area contributed by atoms with Gasteiger partial charge in [0.15, 0.2) is 0 Å². The van der Waals surface area contributed by atoms with E-state index in [0.717, 1.165) is 5.56 Å². The highest BCUT2D eigenvalue weighted by Gasteiger charge is 2.25. The molecule has 5 heteroatoms. The smallest absolute Gasteiger partial charge is 0.221 e. The van der Waals surface area contributed by atoms with E-state index in [1.165, 1.54) is 0 Å². The topological polar surface area (TPSA) is 86.2 Å². The molecule has 0 fully saturated rings. The molecule has 0 radical (unpaired) electrons. The lowest BCUT2D eigenvalue weighted by Crippen LogP contribution is -2.29. The van der Waals surface area contributed by atoms with Gasteiger partial charge < -0.3 is 5.73 Å². The van der Waals surface area contributed by atoms with E-state index in [1.54, 1.807) is 0 Å². The summed E-state index contributed by atoms with van der Waals surface area (Å²) >= 11 is 0. The number of primary amides is 1. The summed E-state index contributed by atoms with van der Waals surface area (Å²) in [6.45, 7) is 1.63. The standard InChI is InChI=1S/C12H16N2O3/c1-9(10-5-3-2-4-6-10)11(12(13)15)7-8-14(16)17/h2-6,9,11H,7-8H2,1H3,(H2,13,15). The quantitative estimate of drug-likeness (QED) is 0.600. The van der Waals surface area contributed by atoms with Crippen LogP contribution >= 0.6 is 0 Å². The SMILES string of the molecule is CC(c1ccccc1)C(CC[N+](=O)[O-])C(N)=O. The van der Waals surface area contributed by atoms with Gasteiger partial charge in [0.2, 0.25) is 12.5 Å². The van der Waals surface area contributed by atoms with Crippen molar-refractivity contribution in [1.29, 1.82) is 0 Å². The van der Waals surface area contributed by atoms with Gasteiger partial charge in [-0.25, -0.2) is 0 Å². The predicted octanol–water partition coefficient (Wildman–Crippen LogP) is 1.56. The van der Waals surface area contributed by atoms with Crippen LogP contribution in [0.25, 0.3) is 0 Å². The highest BCUT2D eigenvalue weighted by atomic mass is 16.6. The number of nitro groups is 1. The normalized spacial score (nSPS) is 13.9. The Kier molecular flexibility index (Phi) is 4.63. The molecule has 0 spiro atoms. The number of carbonyl (C=O) groups is 1. The summed E-state index contributed by atoms with van der Waals surface area (Å²) in [5, 5.41) is 10.3. The first-order valence-electron chi connectivity index (χ1n) is 5.48. The molecule has 0 bridgehead atoms. The first-order valence-corrected chi connectivity index (χ1v) is 5.48. The maximum absolute atomic E-state index is 11.3. The van der Waals surface area contributed by atoms with Crippen LogP contribution in [-0.4, -0.2) is 17.4 Å². The van der Waals surface area contributed by atoms with Gasteiger partial charge in [-0.3, -0.25) is 14.9 Å². The van der Waals surface area contributed by atoms with E-state index in [4.69, 9.17) is 5.73 Å². The Hall–Kier alpha value is -1.91. The molecule has 1 amide bonds. The van der Waals surface area contributed by atoms with E-state index < -0.39 is 16.7 Å². The highest BCUT2D eigenvalue weighted by molar-refractivity contribution is 5.77. The van der Waals surface area contributed by atoms with E-state index >= 15 is 0 Å². The molecule has 0 aliphatic rings. The Bertz CT molecular complexity index is 392. The number of benzene rings is 1. The second-order valence-corrected chi connectivity index (χ2v) is 4.05. The molecule has 0 aromatic heterocycles. The van der Waals surface area contributed by atoms with Crippen LogP contribution in [0.1, 0.15) is 24.8 Å². The molecule has 2 atom stereocenters. The molecule has 0 saturated carbocycles. The zero-order chi connectivity index (χ0) is 12.8. The summed E-state index contributed by atoms with van der Waals surface area (Å²) in [7, 11) is 0. The van der Waals surface area contributed by atoms with Crippen LogP contribution in [0.2, 0.25) is 0 Å².